The average Bonchev–Trinajstić information content (AvgIpc) is 2.41. The fourth-order valence-electron chi connectivity index (χ4n) is 2.27. The molecule has 0 saturated carbocycles. The minimum absolute atomic E-state index is 0.147. The molecule has 3 nitrogen and oxygen atoms in total. The molecule has 2 rings (SSSR count). The largest absolute Gasteiger partial charge is 0.316 e. The first-order chi connectivity index (χ1) is 6.59. The van der Waals surface area contributed by atoms with E-state index >= 15 is 0 Å². The molecule has 0 aromatic carbocycles. The summed E-state index contributed by atoms with van der Waals surface area (Å²) in [6.07, 6.45) is 4.02. The summed E-state index contributed by atoms with van der Waals surface area (Å²) < 4.78 is 0. The van der Waals surface area contributed by atoms with E-state index in [1.54, 1.807) is 0 Å². The Labute approximate surface area is 85.4 Å². The summed E-state index contributed by atoms with van der Waals surface area (Å²) in [5.41, 5.74) is 0. The van der Waals surface area contributed by atoms with Crippen LogP contribution < -0.4 is 0 Å². The van der Waals surface area contributed by atoms with Crippen molar-refractivity contribution in [2.45, 2.75) is 19.9 Å². The van der Waals surface area contributed by atoms with Crippen molar-refractivity contribution in [3.05, 3.63) is 12.3 Å². The third kappa shape index (κ3) is 1.46. The van der Waals surface area contributed by atoms with Crippen molar-refractivity contribution in [1.82, 2.24) is 9.80 Å². The minimum atomic E-state index is 0.147. The zero-order valence-corrected chi connectivity index (χ0v) is 9.10. The van der Waals surface area contributed by atoms with E-state index in [0.717, 1.165) is 13.1 Å². The van der Waals surface area contributed by atoms with E-state index in [2.05, 4.69) is 31.9 Å². The van der Waals surface area contributed by atoms with Crippen LogP contribution in [0.25, 0.3) is 0 Å². The summed E-state index contributed by atoms with van der Waals surface area (Å²) in [5.74, 6) is 0.985. The van der Waals surface area contributed by atoms with Gasteiger partial charge in [-0.25, -0.2) is 0 Å². The fourth-order valence-corrected chi connectivity index (χ4v) is 2.27. The highest BCUT2D eigenvalue weighted by atomic mass is 16.2. The predicted octanol–water partition coefficient (Wildman–Crippen LogP) is 0.928. The van der Waals surface area contributed by atoms with Crippen LogP contribution in [0.2, 0.25) is 0 Å². The molecule has 1 amide bonds. The highest BCUT2D eigenvalue weighted by Gasteiger charge is 2.39. The Hall–Kier alpha value is -0.830. The van der Waals surface area contributed by atoms with Crippen LogP contribution >= 0.6 is 0 Å². The van der Waals surface area contributed by atoms with Crippen molar-refractivity contribution in [2.24, 2.45) is 11.8 Å². The lowest BCUT2D eigenvalue weighted by atomic mass is 9.86. The van der Waals surface area contributed by atoms with Crippen molar-refractivity contribution in [2.75, 3.05) is 20.1 Å². The number of hydrogen-bond acceptors (Lipinski definition) is 2. The van der Waals surface area contributed by atoms with Crippen molar-refractivity contribution < 1.29 is 4.79 Å². The molecular weight excluding hydrogens is 176 g/mol. The summed E-state index contributed by atoms with van der Waals surface area (Å²) in [5, 5.41) is 0. The maximum atomic E-state index is 11.9. The number of nitrogens with zero attached hydrogens (tertiary/aromatic N) is 2. The second-order valence-electron chi connectivity index (χ2n) is 4.69. The Morgan fingerprint density at radius 2 is 2.07 bits per heavy atom. The highest BCUT2D eigenvalue weighted by molar-refractivity contribution is 5.84. The molecule has 1 saturated heterocycles. The minimum Gasteiger partial charge on any atom is -0.316 e. The zero-order valence-electron chi connectivity index (χ0n) is 9.10. The van der Waals surface area contributed by atoms with Crippen LogP contribution in [-0.2, 0) is 4.79 Å². The average molecular weight is 194 g/mol. The van der Waals surface area contributed by atoms with E-state index in [1.807, 2.05) is 11.1 Å². The lowest BCUT2D eigenvalue weighted by Crippen LogP contribution is -2.49. The van der Waals surface area contributed by atoms with Crippen LogP contribution in [0.1, 0.15) is 13.8 Å². The van der Waals surface area contributed by atoms with Gasteiger partial charge in [0, 0.05) is 25.3 Å². The van der Waals surface area contributed by atoms with Gasteiger partial charge >= 0.3 is 0 Å². The second kappa shape index (κ2) is 3.39. The van der Waals surface area contributed by atoms with E-state index in [0.29, 0.717) is 12.0 Å². The van der Waals surface area contributed by atoms with Gasteiger partial charge in [0.2, 0.25) is 5.91 Å². The molecule has 0 aromatic rings. The molecule has 14 heavy (non-hydrogen) atoms. The van der Waals surface area contributed by atoms with Crippen molar-refractivity contribution in [3.63, 3.8) is 0 Å². The third-order valence-electron chi connectivity index (χ3n) is 3.15. The van der Waals surface area contributed by atoms with Gasteiger partial charge in [-0.15, -0.1) is 0 Å². The summed E-state index contributed by atoms with van der Waals surface area (Å²) in [6, 6.07) is 0.293. The molecule has 0 N–H and O–H groups in total. The molecule has 1 atom stereocenters. The van der Waals surface area contributed by atoms with Gasteiger partial charge in [0.05, 0.1) is 5.92 Å². The summed E-state index contributed by atoms with van der Waals surface area (Å²) in [6.45, 7) is 6.23. The molecule has 0 bridgehead atoms. The Kier molecular flexibility index (Phi) is 2.35. The van der Waals surface area contributed by atoms with E-state index in [4.69, 9.17) is 0 Å². The fraction of sp³-hybridized carbons (Fsp3) is 0.727. The van der Waals surface area contributed by atoms with Crippen LogP contribution in [0, 0.1) is 11.8 Å². The molecular formula is C11H18N2O. The smallest absolute Gasteiger partial charge is 0.234 e. The van der Waals surface area contributed by atoms with Gasteiger partial charge in [0.1, 0.15) is 0 Å². The van der Waals surface area contributed by atoms with E-state index in [1.165, 1.54) is 0 Å². The number of rotatable bonds is 2. The lowest BCUT2D eigenvalue weighted by molar-refractivity contribution is -0.134. The van der Waals surface area contributed by atoms with E-state index < -0.39 is 0 Å². The van der Waals surface area contributed by atoms with Crippen LogP contribution in [0.3, 0.4) is 0 Å². The Bertz CT molecular complexity index is 266. The van der Waals surface area contributed by atoms with E-state index in [9.17, 15) is 4.79 Å². The van der Waals surface area contributed by atoms with Gasteiger partial charge in [-0.05, 0) is 26.8 Å². The molecule has 2 heterocycles. The number of carbonyl (C=O) groups excluding carboxylic acids is 1. The molecule has 1 unspecified atom stereocenters. The number of amides is 1. The number of hydrogen-bond donors (Lipinski definition) is 0. The van der Waals surface area contributed by atoms with Gasteiger partial charge in [-0.1, -0.05) is 6.08 Å². The summed E-state index contributed by atoms with van der Waals surface area (Å²) in [4.78, 5) is 16.0. The molecule has 78 valence electrons. The topological polar surface area (TPSA) is 23.6 Å². The quantitative estimate of drug-likeness (QED) is 0.653. The Morgan fingerprint density at radius 3 is 2.50 bits per heavy atom. The van der Waals surface area contributed by atoms with Crippen molar-refractivity contribution in [1.29, 1.82) is 0 Å². The second-order valence-corrected chi connectivity index (χ2v) is 4.69. The summed E-state index contributed by atoms with van der Waals surface area (Å²) >= 11 is 0. The highest BCUT2D eigenvalue weighted by Crippen LogP contribution is 2.29. The zero-order chi connectivity index (χ0) is 10.3. The number of carbonyl (C=O) groups is 1. The first-order valence-electron chi connectivity index (χ1n) is 5.28. The SMILES string of the molecule is CC(C)N1C=CC(C2CN(C)C2)C1=O. The molecule has 0 aliphatic carbocycles. The van der Waals surface area contributed by atoms with Crippen LogP contribution in [-0.4, -0.2) is 41.9 Å². The van der Waals surface area contributed by atoms with E-state index in [-0.39, 0.29) is 11.8 Å². The van der Waals surface area contributed by atoms with Crippen LogP contribution in [0.5, 0.6) is 0 Å². The molecule has 0 spiro atoms. The standard InChI is InChI=1S/C11H18N2O/c1-8(2)13-5-4-10(11(13)14)9-6-12(3)7-9/h4-5,8-10H,6-7H2,1-3H3. The molecule has 3 heteroatoms. The first-order valence-corrected chi connectivity index (χ1v) is 5.28. The normalized spacial score (nSPS) is 29.0. The molecule has 0 radical (unpaired) electrons. The van der Waals surface area contributed by atoms with Crippen molar-refractivity contribution in [3.8, 4) is 0 Å². The third-order valence-corrected chi connectivity index (χ3v) is 3.15. The maximum absolute atomic E-state index is 11.9. The Morgan fingerprint density at radius 1 is 1.43 bits per heavy atom. The molecule has 0 aromatic heterocycles. The van der Waals surface area contributed by atoms with Gasteiger partial charge in [-0.3, -0.25) is 4.79 Å². The predicted molar refractivity (Wildman–Crippen MR) is 55.6 cm³/mol. The molecule has 2 aliphatic heterocycles. The van der Waals surface area contributed by atoms with Gasteiger partial charge in [-0.2, -0.15) is 0 Å². The maximum Gasteiger partial charge on any atom is 0.234 e. The summed E-state index contributed by atoms with van der Waals surface area (Å²) in [7, 11) is 2.10. The lowest BCUT2D eigenvalue weighted by Gasteiger charge is -2.39. The van der Waals surface area contributed by atoms with Crippen LogP contribution in [0.15, 0.2) is 12.3 Å². The van der Waals surface area contributed by atoms with Gasteiger partial charge < -0.3 is 9.80 Å². The molecule has 2 aliphatic rings. The van der Waals surface area contributed by atoms with Crippen molar-refractivity contribution >= 4 is 5.91 Å². The van der Waals surface area contributed by atoms with Crippen LogP contribution in [0.4, 0.5) is 0 Å². The van der Waals surface area contributed by atoms with Gasteiger partial charge in [0.25, 0.3) is 0 Å². The number of likely N-dealkylation sites (tertiary alicyclic amines) is 1. The van der Waals surface area contributed by atoms with Gasteiger partial charge in [0.15, 0.2) is 0 Å². The first kappa shape index (κ1) is 9.71. The molecule has 1 fully saturated rings. The Balaban J connectivity index is 1.98. The monoisotopic (exact) mass is 194 g/mol.